The third kappa shape index (κ3) is 0.416. The molecule has 1 unspecified atom stereocenters. The zero-order valence-corrected chi connectivity index (χ0v) is 5.78. The van der Waals surface area contributed by atoms with Crippen LogP contribution in [0.2, 0.25) is 0 Å². The molecule has 0 aromatic heterocycles. The minimum atomic E-state index is 0.902. The van der Waals surface area contributed by atoms with E-state index in [0.717, 1.165) is 17.3 Å². The number of hydrogen-bond acceptors (Lipinski definition) is 0. The molecule has 2 aliphatic carbocycles. The van der Waals surface area contributed by atoms with Crippen LogP contribution in [0.25, 0.3) is 0 Å². The molecule has 0 bridgehead atoms. The number of hydrogen-bond donors (Lipinski definition) is 0. The Balaban J connectivity index is 1.96. The lowest BCUT2D eigenvalue weighted by molar-refractivity contribution is 0.169. The van der Waals surface area contributed by atoms with Crippen LogP contribution in [0.1, 0.15) is 33.1 Å². The summed E-state index contributed by atoms with van der Waals surface area (Å²) in [5.41, 5.74) is 0.902. The first-order valence-corrected chi connectivity index (χ1v) is 3.73. The Bertz CT molecular complexity index is 109. The van der Waals surface area contributed by atoms with Crippen molar-refractivity contribution in [3.8, 4) is 0 Å². The van der Waals surface area contributed by atoms with E-state index in [0.29, 0.717) is 0 Å². The Morgan fingerprint density at radius 3 is 1.75 bits per heavy atom. The fourth-order valence-corrected chi connectivity index (χ4v) is 2.45. The molecule has 0 nitrogen and oxygen atoms in total. The lowest BCUT2D eigenvalue weighted by atomic mass is 9.72. The van der Waals surface area contributed by atoms with Crippen LogP contribution < -0.4 is 0 Å². The van der Waals surface area contributed by atoms with Crippen LogP contribution in [-0.4, -0.2) is 0 Å². The molecule has 2 fully saturated rings. The van der Waals surface area contributed by atoms with Crippen LogP contribution in [-0.2, 0) is 0 Å². The molecule has 0 saturated heterocycles. The van der Waals surface area contributed by atoms with Crippen molar-refractivity contribution in [1.29, 1.82) is 0 Å². The molecule has 0 heteroatoms. The minimum Gasteiger partial charge on any atom is -0.0625 e. The van der Waals surface area contributed by atoms with E-state index in [9.17, 15) is 0 Å². The van der Waals surface area contributed by atoms with Crippen molar-refractivity contribution in [2.45, 2.75) is 33.1 Å². The van der Waals surface area contributed by atoms with Gasteiger partial charge in [0.05, 0.1) is 0 Å². The lowest BCUT2D eigenvalue weighted by Gasteiger charge is -2.33. The molecule has 8 heavy (non-hydrogen) atoms. The van der Waals surface area contributed by atoms with Crippen molar-refractivity contribution in [2.75, 3.05) is 0 Å². The van der Waals surface area contributed by atoms with Gasteiger partial charge in [-0.15, -0.1) is 0 Å². The van der Waals surface area contributed by atoms with Crippen LogP contribution >= 0.6 is 0 Å². The summed E-state index contributed by atoms with van der Waals surface area (Å²) in [7, 11) is 0. The van der Waals surface area contributed by atoms with Crippen LogP contribution in [0.5, 0.6) is 0 Å². The fraction of sp³-hybridized carbons (Fsp3) is 1.00. The smallest absolute Gasteiger partial charge is 0.0264 e. The van der Waals surface area contributed by atoms with Crippen LogP contribution in [0.3, 0.4) is 0 Å². The second kappa shape index (κ2) is 1.12. The van der Waals surface area contributed by atoms with Gasteiger partial charge in [0, 0.05) is 0 Å². The summed E-state index contributed by atoms with van der Waals surface area (Å²) in [6.45, 7) is 4.77. The van der Waals surface area contributed by atoms with E-state index in [4.69, 9.17) is 0 Å². The van der Waals surface area contributed by atoms with Crippen molar-refractivity contribution < 1.29 is 0 Å². The van der Waals surface area contributed by atoms with Crippen molar-refractivity contribution in [3.63, 3.8) is 0 Å². The summed E-state index contributed by atoms with van der Waals surface area (Å²) in [6, 6.07) is 0. The predicted octanol–water partition coefficient (Wildman–Crippen LogP) is 2.44. The SMILES string of the molecule is CC1CC2(C1)CC2C. The molecule has 2 saturated carbocycles. The van der Waals surface area contributed by atoms with E-state index in [1.807, 2.05) is 0 Å². The highest BCUT2D eigenvalue weighted by molar-refractivity contribution is 5.07. The van der Waals surface area contributed by atoms with Gasteiger partial charge in [-0.1, -0.05) is 13.8 Å². The van der Waals surface area contributed by atoms with Crippen molar-refractivity contribution in [2.24, 2.45) is 17.3 Å². The predicted molar refractivity (Wildman–Crippen MR) is 34.6 cm³/mol. The zero-order chi connectivity index (χ0) is 5.78. The average Bonchev–Trinajstić information content (AvgIpc) is 2.13. The first kappa shape index (κ1) is 4.84. The molecule has 0 aliphatic heterocycles. The summed E-state index contributed by atoms with van der Waals surface area (Å²) in [5.74, 6) is 2.14. The molecule has 1 spiro atoms. The molecule has 0 radical (unpaired) electrons. The van der Waals surface area contributed by atoms with Crippen molar-refractivity contribution >= 4 is 0 Å². The highest BCUT2D eigenvalue weighted by Gasteiger charge is 2.57. The van der Waals surface area contributed by atoms with Crippen LogP contribution in [0, 0.1) is 17.3 Å². The molecule has 46 valence electrons. The highest BCUT2D eigenvalue weighted by atomic mass is 14.6. The molecule has 2 rings (SSSR count). The lowest BCUT2D eigenvalue weighted by Crippen LogP contribution is -2.23. The van der Waals surface area contributed by atoms with Gasteiger partial charge in [0.25, 0.3) is 0 Å². The molecule has 0 aromatic carbocycles. The van der Waals surface area contributed by atoms with Gasteiger partial charge in [0.1, 0.15) is 0 Å². The van der Waals surface area contributed by atoms with E-state index >= 15 is 0 Å². The second-order valence-electron chi connectivity index (χ2n) is 3.98. The highest BCUT2D eigenvalue weighted by Crippen LogP contribution is 2.67. The Morgan fingerprint density at radius 1 is 1.12 bits per heavy atom. The normalized spacial score (nSPS) is 60.8. The zero-order valence-electron chi connectivity index (χ0n) is 5.78. The first-order chi connectivity index (χ1) is 3.73. The van der Waals surface area contributed by atoms with Gasteiger partial charge < -0.3 is 0 Å². The van der Waals surface area contributed by atoms with Gasteiger partial charge >= 0.3 is 0 Å². The van der Waals surface area contributed by atoms with Crippen molar-refractivity contribution in [3.05, 3.63) is 0 Å². The summed E-state index contributed by atoms with van der Waals surface area (Å²) in [4.78, 5) is 0. The molecule has 1 atom stereocenters. The van der Waals surface area contributed by atoms with Gasteiger partial charge in [-0.2, -0.15) is 0 Å². The summed E-state index contributed by atoms with van der Waals surface area (Å²) in [6.07, 6.45) is 4.61. The largest absolute Gasteiger partial charge is 0.0625 e. The first-order valence-electron chi connectivity index (χ1n) is 3.73. The number of rotatable bonds is 0. The molecule has 0 heterocycles. The third-order valence-electron chi connectivity index (χ3n) is 3.11. The van der Waals surface area contributed by atoms with Crippen LogP contribution in [0.4, 0.5) is 0 Å². The monoisotopic (exact) mass is 110 g/mol. The summed E-state index contributed by atoms with van der Waals surface area (Å²) >= 11 is 0. The molecule has 0 N–H and O–H groups in total. The van der Waals surface area contributed by atoms with Crippen molar-refractivity contribution in [1.82, 2.24) is 0 Å². The third-order valence-corrected chi connectivity index (χ3v) is 3.11. The Kier molecular flexibility index (Phi) is 0.678. The molecular formula is C8H14. The fourth-order valence-electron chi connectivity index (χ4n) is 2.45. The van der Waals surface area contributed by atoms with Gasteiger partial charge in [0.15, 0.2) is 0 Å². The Morgan fingerprint density at radius 2 is 1.62 bits per heavy atom. The van der Waals surface area contributed by atoms with E-state index in [2.05, 4.69) is 13.8 Å². The molecular weight excluding hydrogens is 96.1 g/mol. The maximum atomic E-state index is 2.39. The van der Waals surface area contributed by atoms with Gasteiger partial charge in [-0.05, 0) is 36.5 Å². The van der Waals surface area contributed by atoms with Gasteiger partial charge in [-0.25, -0.2) is 0 Å². The molecule has 2 aliphatic rings. The van der Waals surface area contributed by atoms with Gasteiger partial charge in [0.2, 0.25) is 0 Å². The topological polar surface area (TPSA) is 0 Å². The standard InChI is InChI=1S/C8H14/c1-6-3-8(4-6)5-7(8)2/h6-7H,3-5H2,1-2H3. The maximum absolute atomic E-state index is 2.39. The Hall–Kier alpha value is 0. The maximum Gasteiger partial charge on any atom is -0.0264 e. The second-order valence-corrected chi connectivity index (χ2v) is 3.98. The average molecular weight is 110 g/mol. The Labute approximate surface area is 51.3 Å². The van der Waals surface area contributed by atoms with E-state index in [-0.39, 0.29) is 0 Å². The summed E-state index contributed by atoms with van der Waals surface area (Å²) < 4.78 is 0. The molecule has 0 amide bonds. The quantitative estimate of drug-likeness (QED) is 0.449. The van der Waals surface area contributed by atoms with E-state index < -0.39 is 0 Å². The summed E-state index contributed by atoms with van der Waals surface area (Å²) in [5, 5.41) is 0. The van der Waals surface area contributed by atoms with E-state index in [1.165, 1.54) is 19.3 Å². The van der Waals surface area contributed by atoms with Gasteiger partial charge in [-0.3, -0.25) is 0 Å². The van der Waals surface area contributed by atoms with Crippen LogP contribution in [0.15, 0.2) is 0 Å². The minimum absolute atomic E-state index is 0.902. The van der Waals surface area contributed by atoms with E-state index in [1.54, 1.807) is 0 Å². The molecule has 0 aromatic rings.